The van der Waals surface area contributed by atoms with Gasteiger partial charge in [-0.05, 0) is 60.9 Å². The quantitative estimate of drug-likeness (QED) is 0.801. The van der Waals surface area contributed by atoms with Crippen LogP contribution in [-0.2, 0) is 19.4 Å². The second kappa shape index (κ2) is 8.87. The third-order valence-corrected chi connectivity index (χ3v) is 6.19. The number of benzene rings is 2. The van der Waals surface area contributed by atoms with Gasteiger partial charge in [-0.2, -0.15) is 0 Å². The largest absolute Gasteiger partial charge is 0.495 e. The van der Waals surface area contributed by atoms with Crippen molar-refractivity contribution < 1.29 is 9.53 Å². The monoisotopic (exact) mass is 393 g/mol. The number of fused-ring (bicyclic) bond motifs is 1. The van der Waals surface area contributed by atoms with Crippen LogP contribution in [-0.4, -0.2) is 49.6 Å². The van der Waals surface area contributed by atoms with Crippen molar-refractivity contribution in [2.45, 2.75) is 32.2 Å². The molecule has 2 aromatic carbocycles. The molecule has 4 rings (SSSR count). The fourth-order valence-corrected chi connectivity index (χ4v) is 4.67. The minimum absolute atomic E-state index is 0.0508. The molecule has 1 N–H and O–H groups in total. The summed E-state index contributed by atoms with van der Waals surface area (Å²) in [5.41, 5.74) is 4.78. The number of nitrogens with zero attached hydrogens (tertiary/aromatic N) is 2. The van der Waals surface area contributed by atoms with E-state index in [9.17, 15) is 4.79 Å². The molecule has 29 heavy (non-hydrogen) atoms. The molecule has 2 aromatic rings. The molecule has 1 aliphatic carbocycles. The highest BCUT2D eigenvalue weighted by Gasteiger charge is 2.26. The van der Waals surface area contributed by atoms with Gasteiger partial charge in [0.2, 0.25) is 0 Å². The van der Waals surface area contributed by atoms with Crippen molar-refractivity contribution in [3.63, 3.8) is 0 Å². The van der Waals surface area contributed by atoms with E-state index in [-0.39, 0.29) is 6.03 Å². The number of hydrogen-bond donors (Lipinski definition) is 1. The average Bonchev–Trinajstić information content (AvgIpc) is 3.38. The zero-order valence-corrected chi connectivity index (χ0v) is 17.5. The zero-order chi connectivity index (χ0) is 20.2. The van der Waals surface area contributed by atoms with Crippen molar-refractivity contribution >= 4 is 11.7 Å². The number of aryl methyl sites for hydroxylation is 1. The van der Waals surface area contributed by atoms with Gasteiger partial charge in [-0.1, -0.05) is 36.4 Å². The van der Waals surface area contributed by atoms with Gasteiger partial charge in [0.15, 0.2) is 0 Å². The maximum Gasteiger partial charge on any atom is 0.321 e. The standard InChI is InChI=1S/C24H31N3O2/c1-26(15-19-13-14-27(17-19)16-18-7-4-3-5-8-18)24(28)25-23-21-10-6-9-20(21)11-12-22(23)29-2/h3-5,7-8,11-12,19H,6,9-10,13-17H2,1-2H3,(H,25,28)/t19-/m1/s1. The zero-order valence-electron chi connectivity index (χ0n) is 17.5. The third kappa shape index (κ3) is 4.56. The van der Waals surface area contributed by atoms with Crippen LogP contribution in [0.1, 0.15) is 29.5 Å². The Balaban J connectivity index is 1.33. The Morgan fingerprint density at radius 1 is 1.21 bits per heavy atom. The van der Waals surface area contributed by atoms with E-state index < -0.39 is 0 Å². The minimum Gasteiger partial charge on any atom is -0.495 e. The molecule has 2 amide bonds. The predicted octanol–water partition coefficient (Wildman–Crippen LogP) is 4.17. The molecule has 1 aliphatic heterocycles. The molecule has 1 saturated heterocycles. The van der Waals surface area contributed by atoms with Crippen molar-refractivity contribution in [2.75, 3.05) is 39.1 Å². The Morgan fingerprint density at radius 2 is 2.03 bits per heavy atom. The second-order valence-electron chi connectivity index (χ2n) is 8.32. The first kappa shape index (κ1) is 19.8. The lowest BCUT2D eigenvalue weighted by atomic mass is 10.1. The van der Waals surface area contributed by atoms with Crippen LogP contribution in [0.3, 0.4) is 0 Å². The lowest BCUT2D eigenvalue weighted by molar-refractivity contribution is 0.212. The van der Waals surface area contributed by atoms with E-state index in [2.05, 4.69) is 46.6 Å². The number of methoxy groups -OCH3 is 1. The van der Waals surface area contributed by atoms with E-state index in [0.29, 0.717) is 5.92 Å². The summed E-state index contributed by atoms with van der Waals surface area (Å²) >= 11 is 0. The molecule has 0 unspecified atom stereocenters. The summed E-state index contributed by atoms with van der Waals surface area (Å²) < 4.78 is 5.52. The fourth-order valence-electron chi connectivity index (χ4n) is 4.67. The number of urea groups is 1. The molecule has 5 nitrogen and oxygen atoms in total. The summed E-state index contributed by atoms with van der Waals surface area (Å²) in [6, 6.07) is 14.6. The summed E-state index contributed by atoms with van der Waals surface area (Å²) in [5.74, 6) is 1.26. The van der Waals surface area contributed by atoms with Crippen LogP contribution < -0.4 is 10.1 Å². The summed E-state index contributed by atoms with van der Waals surface area (Å²) in [5, 5.41) is 3.13. The van der Waals surface area contributed by atoms with Gasteiger partial charge in [0.1, 0.15) is 5.75 Å². The van der Waals surface area contributed by atoms with Crippen molar-refractivity contribution in [3.8, 4) is 5.75 Å². The van der Waals surface area contributed by atoms with Crippen LogP contribution in [0.15, 0.2) is 42.5 Å². The number of likely N-dealkylation sites (tertiary alicyclic amines) is 1. The normalized spacial score (nSPS) is 18.5. The van der Waals surface area contributed by atoms with E-state index in [1.165, 1.54) is 16.7 Å². The third-order valence-electron chi connectivity index (χ3n) is 6.19. The molecule has 5 heteroatoms. The molecular weight excluding hydrogens is 362 g/mol. The number of carbonyl (C=O) groups is 1. The number of amides is 2. The molecule has 0 saturated carbocycles. The molecule has 1 atom stereocenters. The molecular formula is C24H31N3O2. The Hall–Kier alpha value is -2.53. The molecule has 0 aromatic heterocycles. The topological polar surface area (TPSA) is 44.8 Å². The Bertz CT molecular complexity index is 853. The number of rotatable bonds is 6. The molecule has 0 bridgehead atoms. The van der Waals surface area contributed by atoms with E-state index in [0.717, 1.165) is 63.3 Å². The van der Waals surface area contributed by atoms with E-state index in [1.54, 1.807) is 7.11 Å². The SMILES string of the molecule is COc1ccc2c(c1NC(=O)N(C)C[C@H]1CCN(Cc3ccccc3)C1)CCC2. The van der Waals surface area contributed by atoms with Crippen LogP contribution >= 0.6 is 0 Å². The predicted molar refractivity (Wildman–Crippen MR) is 116 cm³/mol. The van der Waals surface area contributed by atoms with Gasteiger partial charge < -0.3 is 15.0 Å². The average molecular weight is 394 g/mol. The maximum atomic E-state index is 12.9. The number of ether oxygens (including phenoxy) is 1. The van der Waals surface area contributed by atoms with E-state index >= 15 is 0 Å². The van der Waals surface area contributed by atoms with Crippen LogP contribution in [0.4, 0.5) is 10.5 Å². The van der Waals surface area contributed by atoms with Crippen molar-refractivity contribution in [2.24, 2.45) is 5.92 Å². The number of nitrogens with one attached hydrogen (secondary N) is 1. The van der Waals surface area contributed by atoms with E-state index in [1.807, 2.05) is 18.0 Å². The molecule has 0 spiro atoms. The van der Waals surface area contributed by atoms with Gasteiger partial charge in [0.05, 0.1) is 12.8 Å². The van der Waals surface area contributed by atoms with Gasteiger partial charge in [-0.3, -0.25) is 4.90 Å². The molecule has 2 aliphatic rings. The van der Waals surface area contributed by atoms with Gasteiger partial charge in [0, 0.05) is 26.7 Å². The first-order valence-electron chi connectivity index (χ1n) is 10.6. The molecule has 1 heterocycles. The lowest BCUT2D eigenvalue weighted by Crippen LogP contribution is -2.36. The van der Waals surface area contributed by atoms with Crippen molar-refractivity contribution in [1.82, 2.24) is 9.80 Å². The maximum absolute atomic E-state index is 12.9. The fraction of sp³-hybridized carbons (Fsp3) is 0.458. The summed E-state index contributed by atoms with van der Waals surface area (Å²) in [6.45, 7) is 3.89. The summed E-state index contributed by atoms with van der Waals surface area (Å²) in [7, 11) is 3.56. The van der Waals surface area contributed by atoms with Gasteiger partial charge in [-0.25, -0.2) is 4.79 Å². The summed E-state index contributed by atoms with van der Waals surface area (Å²) in [6.07, 6.45) is 4.36. The van der Waals surface area contributed by atoms with Gasteiger partial charge in [0.25, 0.3) is 0 Å². The van der Waals surface area contributed by atoms with Crippen molar-refractivity contribution in [1.29, 1.82) is 0 Å². The highest BCUT2D eigenvalue weighted by Crippen LogP contribution is 2.36. The molecule has 0 radical (unpaired) electrons. The minimum atomic E-state index is -0.0508. The molecule has 154 valence electrons. The van der Waals surface area contributed by atoms with Crippen LogP contribution in [0.2, 0.25) is 0 Å². The Morgan fingerprint density at radius 3 is 2.83 bits per heavy atom. The number of hydrogen-bond acceptors (Lipinski definition) is 3. The van der Waals surface area contributed by atoms with Crippen LogP contribution in [0, 0.1) is 5.92 Å². The number of anilines is 1. The van der Waals surface area contributed by atoms with Crippen LogP contribution in [0.25, 0.3) is 0 Å². The lowest BCUT2D eigenvalue weighted by Gasteiger charge is -2.23. The van der Waals surface area contributed by atoms with Crippen molar-refractivity contribution in [3.05, 3.63) is 59.2 Å². The Labute approximate surface area is 173 Å². The smallest absolute Gasteiger partial charge is 0.321 e. The number of carbonyl (C=O) groups excluding carboxylic acids is 1. The Kier molecular flexibility index (Phi) is 6.05. The first-order chi connectivity index (χ1) is 14.1. The van der Waals surface area contributed by atoms with E-state index in [4.69, 9.17) is 4.74 Å². The van der Waals surface area contributed by atoms with Gasteiger partial charge >= 0.3 is 6.03 Å². The highest BCUT2D eigenvalue weighted by atomic mass is 16.5. The van der Waals surface area contributed by atoms with Gasteiger partial charge in [-0.15, -0.1) is 0 Å². The van der Waals surface area contributed by atoms with Crippen LogP contribution in [0.5, 0.6) is 5.75 Å². The summed E-state index contributed by atoms with van der Waals surface area (Å²) in [4.78, 5) is 17.2. The second-order valence-corrected chi connectivity index (χ2v) is 8.32. The molecule has 1 fully saturated rings. The highest BCUT2D eigenvalue weighted by molar-refractivity contribution is 5.92. The first-order valence-corrected chi connectivity index (χ1v) is 10.6.